The van der Waals surface area contributed by atoms with Crippen molar-refractivity contribution in [1.82, 2.24) is 0 Å². The molecule has 0 saturated heterocycles. The second-order valence-electron chi connectivity index (χ2n) is 2.56. The van der Waals surface area contributed by atoms with Crippen LogP contribution in [0.4, 0.5) is 5.88 Å². The highest BCUT2D eigenvalue weighted by atomic mass is 16.6. The number of carbonyl (C=O) groups excluding carboxylic acids is 1. The molecule has 6 nitrogen and oxygen atoms in total. The van der Waals surface area contributed by atoms with Gasteiger partial charge in [0.1, 0.15) is 10.7 Å². The Bertz CT molecular complexity index is 344. The van der Waals surface area contributed by atoms with Crippen LogP contribution < -0.4 is 5.73 Å². The highest BCUT2D eigenvalue weighted by Gasteiger charge is 2.19. The Labute approximate surface area is 73.5 Å². The first-order valence-electron chi connectivity index (χ1n) is 3.56. The standard InChI is InChI=1S/C7H8N2O4/c1-4(7(8)10)5-2-3-6(13-5)9(11)12/h2-4H,1H3,(H2,8,10). The van der Waals surface area contributed by atoms with E-state index in [4.69, 9.17) is 10.2 Å². The largest absolute Gasteiger partial charge is 0.433 e. The molecule has 1 heterocycles. The number of hydrogen-bond donors (Lipinski definition) is 1. The molecular weight excluding hydrogens is 176 g/mol. The molecule has 1 unspecified atom stereocenters. The van der Waals surface area contributed by atoms with E-state index in [1.165, 1.54) is 19.1 Å². The summed E-state index contributed by atoms with van der Waals surface area (Å²) in [7, 11) is 0. The lowest BCUT2D eigenvalue weighted by atomic mass is 10.1. The zero-order chi connectivity index (χ0) is 10.0. The minimum absolute atomic E-state index is 0.208. The summed E-state index contributed by atoms with van der Waals surface area (Å²) in [4.78, 5) is 20.2. The monoisotopic (exact) mass is 184 g/mol. The molecule has 1 aromatic rings. The van der Waals surface area contributed by atoms with Gasteiger partial charge in [0.25, 0.3) is 0 Å². The van der Waals surface area contributed by atoms with Gasteiger partial charge in [-0.1, -0.05) is 0 Å². The average Bonchev–Trinajstić information content (AvgIpc) is 2.50. The van der Waals surface area contributed by atoms with Crippen LogP contribution in [0.25, 0.3) is 0 Å². The van der Waals surface area contributed by atoms with Crippen molar-refractivity contribution in [1.29, 1.82) is 0 Å². The molecule has 1 rings (SSSR count). The molecule has 0 saturated carbocycles. The fraction of sp³-hybridized carbons (Fsp3) is 0.286. The van der Waals surface area contributed by atoms with Crippen molar-refractivity contribution in [2.45, 2.75) is 12.8 Å². The quantitative estimate of drug-likeness (QED) is 0.554. The second kappa shape index (κ2) is 3.26. The highest BCUT2D eigenvalue weighted by molar-refractivity contribution is 5.80. The van der Waals surface area contributed by atoms with Gasteiger partial charge in [-0.05, 0) is 13.0 Å². The number of nitrogens with zero attached hydrogens (tertiary/aromatic N) is 1. The SMILES string of the molecule is CC(C(N)=O)c1ccc([N+](=O)[O-])o1. The number of nitro groups is 1. The number of furan rings is 1. The number of primary amides is 1. The fourth-order valence-electron chi connectivity index (χ4n) is 0.813. The van der Waals surface area contributed by atoms with Gasteiger partial charge in [0, 0.05) is 0 Å². The van der Waals surface area contributed by atoms with E-state index < -0.39 is 16.7 Å². The van der Waals surface area contributed by atoms with Crippen molar-refractivity contribution >= 4 is 11.8 Å². The Morgan fingerprint density at radius 2 is 2.31 bits per heavy atom. The van der Waals surface area contributed by atoms with Crippen molar-refractivity contribution in [3.63, 3.8) is 0 Å². The molecule has 0 spiro atoms. The van der Waals surface area contributed by atoms with Gasteiger partial charge in [-0.15, -0.1) is 0 Å². The van der Waals surface area contributed by atoms with E-state index in [2.05, 4.69) is 0 Å². The first-order chi connectivity index (χ1) is 6.02. The molecule has 0 radical (unpaired) electrons. The molecule has 1 amide bonds. The van der Waals surface area contributed by atoms with E-state index in [0.29, 0.717) is 0 Å². The van der Waals surface area contributed by atoms with Gasteiger partial charge in [-0.3, -0.25) is 14.9 Å². The molecule has 0 aliphatic heterocycles. The summed E-state index contributed by atoms with van der Waals surface area (Å²) in [5.41, 5.74) is 4.98. The van der Waals surface area contributed by atoms with Crippen LogP contribution in [0.2, 0.25) is 0 Å². The van der Waals surface area contributed by atoms with Crippen LogP contribution in [0.5, 0.6) is 0 Å². The normalized spacial score (nSPS) is 12.4. The number of rotatable bonds is 3. The topological polar surface area (TPSA) is 99.4 Å². The van der Waals surface area contributed by atoms with Crippen LogP contribution in [0.1, 0.15) is 18.6 Å². The van der Waals surface area contributed by atoms with Gasteiger partial charge in [0.2, 0.25) is 5.91 Å². The summed E-state index contributed by atoms with van der Waals surface area (Å²) >= 11 is 0. The van der Waals surface area contributed by atoms with Gasteiger partial charge in [-0.25, -0.2) is 0 Å². The smallest absolute Gasteiger partial charge is 0.405 e. The molecule has 0 aromatic carbocycles. The van der Waals surface area contributed by atoms with E-state index in [1.54, 1.807) is 0 Å². The molecule has 1 atom stereocenters. The number of hydrogen-bond acceptors (Lipinski definition) is 4. The minimum Gasteiger partial charge on any atom is -0.405 e. The zero-order valence-electron chi connectivity index (χ0n) is 6.89. The molecule has 6 heteroatoms. The summed E-state index contributed by atoms with van der Waals surface area (Å²) in [6.07, 6.45) is 0. The van der Waals surface area contributed by atoms with Crippen molar-refractivity contribution in [2.75, 3.05) is 0 Å². The molecule has 0 aliphatic carbocycles. The first kappa shape index (κ1) is 9.24. The van der Waals surface area contributed by atoms with Crippen molar-refractivity contribution in [3.05, 3.63) is 28.0 Å². The maximum atomic E-state index is 10.7. The molecule has 1 aromatic heterocycles. The maximum Gasteiger partial charge on any atom is 0.433 e. The highest BCUT2D eigenvalue weighted by Crippen LogP contribution is 2.22. The second-order valence-corrected chi connectivity index (χ2v) is 2.56. The van der Waals surface area contributed by atoms with E-state index >= 15 is 0 Å². The van der Waals surface area contributed by atoms with Gasteiger partial charge < -0.3 is 10.2 Å². The van der Waals surface area contributed by atoms with E-state index in [-0.39, 0.29) is 11.6 Å². The van der Waals surface area contributed by atoms with Crippen molar-refractivity contribution < 1.29 is 14.1 Å². The minimum atomic E-state index is -0.669. The van der Waals surface area contributed by atoms with Crippen molar-refractivity contribution in [3.8, 4) is 0 Å². The van der Waals surface area contributed by atoms with Crippen LogP contribution in [-0.2, 0) is 4.79 Å². The number of nitrogens with two attached hydrogens (primary N) is 1. The Kier molecular flexibility index (Phi) is 2.32. The van der Waals surface area contributed by atoms with Crippen molar-refractivity contribution in [2.24, 2.45) is 5.73 Å². The lowest BCUT2D eigenvalue weighted by molar-refractivity contribution is -0.402. The Hall–Kier alpha value is -1.85. The lowest BCUT2D eigenvalue weighted by Gasteiger charge is -2.00. The summed E-state index contributed by atoms with van der Waals surface area (Å²) < 4.78 is 4.77. The van der Waals surface area contributed by atoms with E-state index in [0.717, 1.165) is 0 Å². The predicted octanol–water partition coefficient (Wildman–Crippen LogP) is 0.777. The van der Waals surface area contributed by atoms with E-state index in [9.17, 15) is 14.9 Å². The van der Waals surface area contributed by atoms with Crippen LogP contribution >= 0.6 is 0 Å². The summed E-state index contributed by atoms with van der Waals surface area (Å²) in [6, 6.07) is 2.56. The third-order valence-corrected chi connectivity index (χ3v) is 1.65. The average molecular weight is 184 g/mol. The molecule has 2 N–H and O–H groups in total. The van der Waals surface area contributed by atoms with Gasteiger partial charge in [-0.2, -0.15) is 0 Å². The summed E-state index contributed by atoms with van der Waals surface area (Å²) in [6.45, 7) is 1.52. The molecule has 0 bridgehead atoms. The maximum absolute atomic E-state index is 10.7. The summed E-state index contributed by atoms with van der Waals surface area (Å²) in [5.74, 6) is -1.40. The molecule has 0 aliphatic rings. The number of amides is 1. The lowest BCUT2D eigenvalue weighted by Crippen LogP contribution is -2.18. The third kappa shape index (κ3) is 1.84. The van der Waals surface area contributed by atoms with Crippen LogP contribution in [0, 0.1) is 10.1 Å². The van der Waals surface area contributed by atoms with Crippen LogP contribution in [0.15, 0.2) is 16.5 Å². The van der Waals surface area contributed by atoms with Gasteiger partial charge >= 0.3 is 5.88 Å². The number of carbonyl (C=O) groups is 1. The molecule has 13 heavy (non-hydrogen) atoms. The van der Waals surface area contributed by atoms with Gasteiger partial charge in [0.15, 0.2) is 0 Å². The van der Waals surface area contributed by atoms with E-state index in [1.807, 2.05) is 0 Å². The fourth-order valence-corrected chi connectivity index (χ4v) is 0.813. The van der Waals surface area contributed by atoms with Gasteiger partial charge in [0.05, 0.1) is 12.0 Å². The summed E-state index contributed by atoms with van der Waals surface area (Å²) in [5, 5.41) is 10.2. The molecular formula is C7H8N2O4. The Morgan fingerprint density at radius 3 is 2.69 bits per heavy atom. The van der Waals surface area contributed by atoms with Crippen LogP contribution in [0.3, 0.4) is 0 Å². The molecule has 0 fully saturated rings. The first-order valence-corrected chi connectivity index (χ1v) is 3.56. The Morgan fingerprint density at radius 1 is 1.69 bits per heavy atom. The predicted molar refractivity (Wildman–Crippen MR) is 43.0 cm³/mol. The third-order valence-electron chi connectivity index (χ3n) is 1.65. The Balaban J connectivity index is 2.91. The zero-order valence-corrected chi connectivity index (χ0v) is 6.89. The molecule has 70 valence electrons. The van der Waals surface area contributed by atoms with Crippen LogP contribution in [-0.4, -0.2) is 10.8 Å².